The molecule has 2 aromatic carbocycles. The van der Waals surface area contributed by atoms with Crippen molar-refractivity contribution in [3.63, 3.8) is 0 Å². The molecule has 0 spiro atoms. The number of ether oxygens (including phenoxy) is 3. The molecule has 1 aliphatic heterocycles. The maximum absolute atomic E-state index is 12.2. The van der Waals surface area contributed by atoms with E-state index in [9.17, 15) is 9.59 Å². The molecule has 2 aromatic rings. The molecule has 1 aliphatic rings. The Kier molecular flexibility index (Phi) is 3.65. The molecular weight excluding hydrogens is 286 g/mol. The number of amides is 1. The fourth-order valence-electron chi connectivity index (χ4n) is 2.10. The SMILES string of the molecule is COc1ccccc1C(=O)Oc1ccc2c(c1)NC(=O)CO2. The van der Waals surface area contributed by atoms with Crippen molar-refractivity contribution in [3.05, 3.63) is 48.0 Å². The van der Waals surface area contributed by atoms with Crippen LogP contribution in [0.2, 0.25) is 0 Å². The summed E-state index contributed by atoms with van der Waals surface area (Å²) in [6, 6.07) is 11.6. The molecule has 0 saturated heterocycles. The summed E-state index contributed by atoms with van der Waals surface area (Å²) in [6.07, 6.45) is 0. The number of methoxy groups -OCH3 is 1. The zero-order valence-electron chi connectivity index (χ0n) is 11.8. The Morgan fingerprint density at radius 2 is 2.05 bits per heavy atom. The number of carbonyl (C=O) groups excluding carboxylic acids is 2. The van der Waals surface area contributed by atoms with E-state index in [-0.39, 0.29) is 12.5 Å². The third-order valence-corrected chi connectivity index (χ3v) is 3.12. The molecule has 0 saturated carbocycles. The quantitative estimate of drug-likeness (QED) is 0.695. The van der Waals surface area contributed by atoms with Gasteiger partial charge < -0.3 is 19.5 Å². The minimum atomic E-state index is -0.541. The van der Waals surface area contributed by atoms with Crippen LogP contribution in [-0.2, 0) is 4.79 Å². The van der Waals surface area contributed by atoms with Crippen LogP contribution in [-0.4, -0.2) is 25.6 Å². The van der Waals surface area contributed by atoms with Crippen LogP contribution >= 0.6 is 0 Å². The van der Waals surface area contributed by atoms with Gasteiger partial charge in [0.05, 0.1) is 12.8 Å². The molecule has 22 heavy (non-hydrogen) atoms. The number of hydrogen-bond donors (Lipinski definition) is 1. The van der Waals surface area contributed by atoms with Gasteiger partial charge in [0.2, 0.25) is 0 Å². The van der Waals surface area contributed by atoms with Crippen molar-refractivity contribution < 1.29 is 23.8 Å². The highest BCUT2D eigenvalue weighted by atomic mass is 16.5. The van der Waals surface area contributed by atoms with Crippen LogP contribution in [0.4, 0.5) is 5.69 Å². The summed E-state index contributed by atoms with van der Waals surface area (Å²) in [5, 5.41) is 2.66. The number of esters is 1. The molecule has 0 aromatic heterocycles. The van der Waals surface area contributed by atoms with Crippen molar-refractivity contribution in [1.82, 2.24) is 0 Å². The summed E-state index contributed by atoms with van der Waals surface area (Å²) in [5.41, 5.74) is 0.796. The van der Waals surface area contributed by atoms with Crippen molar-refractivity contribution in [3.8, 4) is 17.2 Å². The minimum Gasteiger partial charge on any atom is -0.496 e. The van der Waals surface area contributed by atoms with Crippen LogP contribution < -0.4 is 19.5 Å². The number of nitrogens with one attached hydrogen (secondary N) is 1. The Hall–Kier alpha value is -3.02. The summed E-state index contributed by atoms with van der Waals surface area (Å²) in [4.78, 5) is 23.5. The van der Waals surface area contributed by atoms with Gasteiger partial charge in [-0.15, -0.1) is 0 Å². The number of carbonyl (C=O) groups is 2. The molecule has 0 radical (unpaired) electrons. The molecule has 1 heterocycles. The largest absolute Gasteiger partial charge is 0.496 e. The first-order valence-corrected chi connectivity index (χ1v) is 6.59. The summed E-state index contributed by atoms with van der Waals surface area (Å²) in [6.45, 7) is -0.0205. The van der Waals surface area contributed by atoms with Crippen molar-refractivity contribution in [1.29, 1.82) is 0 Å². The number of benzene rings is 2. The number of rotatable bonds is 3. The normalized spacial score (nSPS) is 12.7. The summed E-state index contributed by atoms with van der Waals surface area (Å²) < 4.78 is 15.7. The van der Waals surface area contributed by atoms with E-state index in [0.717, 1.165) is 0 Å². The molecule has 0 bridgehead atoms. The lowest BCUT2D eigenvalue weighted by Crippen LogP contribution is -2.25. The summed E-state index contributed by atoms with van der Waals surface area (Å²) in [5.74, 6) is 0.486. The molecule has 6 heteroatoms. The highest BCUT2D eigenvalue weighted by Gasteiger charge is 2.18. The Morgan fingerprint density at radius 1 is 1.23 bits per heavy atom. The van der Waals surface area contributed by atoms with Gasteiger partial charge in [0.25, 0.3) is 5.91 Å². The van der Waals surface area contributed by atoms with Crippen LogP contribution in [0.5, 0.6) is 17.2 Å². The van der Waals surface area contributed by atoms with Gasteiger partial charge in [-0.1, -0.05) is 12.1 Å². The van der Waals surface area contributed by atoms with Gasteiger partial charge in [0.1, 0.15) is 22.8 Å². The van der Waals surface area contributed by atoms with E-state index in [1.165, 1.54) is 7.11 Å². The van der Waals surface area contributed by atoms with E-state index < -0.39 is 5.97 Å². The molecule has 1 N–H and O–H groups in total. The highest BCUT2D eigenvalue weighted by molar-refractivity contribution is 5.96. The summed E-state index contributed by atoms with van der Waals surface area (Å²) >= 11 is 0. The molecule has 3 rings (SSSR count). The van der Waals surface area contributed by atoms with Gasteiger partial charge in [0.15, 0.2) is 6.61 Å². The Morgan fingerprint density at radius 3 is 2.86 bits per heavy atom. The second kappa shape index (κ2) is 5.77. The minimum absolute atomic E-state index is 0.0205. The fraction of sp³-hybridized carbons (Fsp3) is 0.125. The lowest BCUT2D eigenvalue weighted by atomic mass is 10.2. The van der Waals surface area contributed by atoms with E-state index in [1.54, 1.807) is 42.5 Å². The predicted molar refractivity (Wildman–Crippen MR) is 78.5 cm³/mol. The predicted octanol–water partition coefficient (Wildman–Crippen LogP) is 2.25. The molecule has 0 fully saturated rings. The highest BCUT2D eigenvalue weighted by Crippen LogP contribution is 2.32. The lowest BCUT2D eigenvalue weighted by molar-refractivity contribution is -0.118. The van der Waals surface area contributed by atoms with E-state index in [0.29, 0.717) is 28.5 Å². The molecule has 112 valence electrons. The van der Waals surface area contributed by atoms with Crippen LogP contribution in [0.1, 0.15) is 10.4 Å². The first kappa shape index (κ1) is 13.9. The van der Waals surface area contributed by atoms with Gasteiger partial charge in [-0.2, -0.15) is 0 Å². The average Bonchev–Trinajstić information content (AvgIpc) is 2.54. The van der Waals surface area contributed by atoms with Gasteiger partial charge in [-0.25, -0.2) is 4.79 Å². The van der Waals surface area contributed by atoms with Crippen LogP contribution in [0.15, 0.2) is 42.5 Å². The molecule has 6 nitrogen and oxygen atoms in total. The summed E-state index contributed by atoms with van der Waals surface area (Å²) in [7, 11) is 1.48. The maximum atomic E-state index is 12.2. The molecular formula is C16H13NO5. The van der Waals surface area contributed by atoms with E-state index in [1.807, 2.05) is 0 Å². The number of hydrogen-bond acceptors (Lipinski definition) is 5. The van der Waals surface area contributed by atoms with E-state index in [4.69, 9.17) is 14.2 Å². The van der Waals surface area contributed by atoms with Crippen molar-refractivity contribution in [2.24, 2.45) is 0 Å². The standard InChI is InChI=1S/C16H13NO5/c1-20-13-5-3-2-4-11(13)16(19)22-10-6-7-14-12(8-10)17-15(18)9-21-14/h2-8H,9H2,1H3,(H,17,18). The molecule has 0 aliphatic carbocycles. The van der Waals surface area contributed by atoms with Crippen molar-refractivity contribution in [2.45, 2.75) is 0 Å². The number of anilines is 1. The van der Waals surface area contributed by atoms with Crippen LogP contribution in [0.3, 0.4) is 0 Å². The smallest absolute Gasteiger partial charge is 0.347 e. The Labute approximate surface area is 126 Å². The second-order valence-corrected chi connectivity index (χ2v) is 4.58. The number of fused-ring (bicyclic) bond motifs is 1. The van der Waals surface area contributed by atoms with Crippen LogP contribution in [0, 0.1) is 0 Å². The third kappa shape index (κ3) is 2.71. The maximum Gasteiger partial charge on any atom is 0.347 e. The van der Waals surface area contributed by atoms with Gasteiger partial charge in [-0.05, 0) is 24.3 Å². The third-order valence-electron chi connectivity index (χ3n) is 3.12. The first-order valence-electron chi connectivity index (χ1n) is 6.59. The van der Waals surface area contributed by atoms with Gasteiger partial charge >= 0.3 is 5.97 Å². The Bertz CT molecular complexity index is 741. The Balaban J connectivity index is 1.82. The molecule has 1 amide bonds. The molecule has 0 unspecified atom stereocenters. The zero-order chi connectivity index (χ0) is 15.5. The lowest BCUT2D eigenvalue weighted by Gasteiger charge is -2.18. The first-order chi connectivity index (χ1) is 10.7. The average molecular weight is 299 g/mol. The van der Waals surface area contributed by atoms with Crippen LogP contribution in [0.25, 0.3) is 0 Å². The van der Waals surface area contributed by atoms with E-state index >= 15 is 0 Å². The zero-order valence-corrected chi connectivity index (χ0v) is 11.8. The van der Waals surface area contributed by atoms with Crippen molar-refractivity contribution >= 4 is 17.6 Å². The van der Waals surface area contributed by atoms with E-state index in [2.05, 4.69) is 5.32 Å². The fourth-order valence-corrected chi connectivity index (χ4v) is 2.10. The van der Waals surface area contributed by atoms with Gasteiger partial charge in [0, 0.05) is 6.07 Å². The van der Waals surface area contributed by atoms with Gasteiger partial charge in [-0.3, -0.25) is 4.79 Å². The molecule has 0 atom stereocenters. The monoisotopic (exact) mass is 299 g/mol. The van der Waals surface area contributed by atoms with Crippen molar-refractivity contribution in [2.75, 3.05) is 19.0 Å². The topological polar surface area (TPSA) is 73.9 Å². The number of para-hydroxylation sites is 1. The second-order valence-electron chi connectivity index (χ2n) is 4.58.